The van der Waals surface area contributed by atoms with E-state index in [2.05, 4.69) is 13.0 Å². The van der Waals surface area contributed by atoms with Gasteiger partial charge in [0, 0.05) is 17.0 Å². The zero-order valence-electron chi connectivity index (χ0n) is 17.1. The summed E-state index contributed by atoms with van der Waals surface area (Å²) >= 11 is 0. The lowest BCUT2D eigenvalue weighted by atomic mass is 9.89. The highest BCUT2D eigenvalue weighted by atomic mass is 16.6. The molecule has 0 unspecified atom stereocenters. The minimum atomic E-state index is -0.721. The first-order valence-corrected chi connectivity index (χ1v) is 10.4. The molecule has 5 nitrogen and oxygen atoms in total. The van der Waals surface area contributed by atoms with Gasteiger partial charge < -0.3 is 13.9 Å². The molecule has 0 fully saturated rings. The molecular formula is C23H30O5. The number of benzene rings is 1. The summed E-state index contributed by atoms with van der Waals surface area (Å²) in [5.41, 5.74) is 3.30. The Hall–Kier alpha value is -2.30. The minimum Gasteiger partial charge on any atom is -0.479 e. The largest absolute Gasteiger partial charge is 0.479 e. The third kappa shape index (κ3) is 4.40. The lowest BCUT2D eigenvalue weighted by Crippen LogP contribution is -2.25. The molecule has 0 saturated carbocycles. The van der Waals surface area contributed by atoms with Gasteiger partial charge in [0.25, 0.3) is 0 Å². The highest BCUT2D eigenvalue weighted by Gasteiger charge is 2.22. The van der Waals surface area contributed by atoms with E-state index in [9.17, 15) is 9.59 Å². The average molecular weight is 386 g/mol. The molecule has 0 radical (unpaired) electrons. The third-order valence-electron chi connectivity index (χ3n) is 5.54. The summed E-state index contributed by atoms with van der Waals surface area (Å²) in [5.74, 6) is 0.171. The van der Waals surface area contributed by atoms with Crippen LogP contribution in [0.4, 0.5) is 0 Å². The van der Waals surface area contributed by atoms with Gasteiger partial charge in [0.15, 0.2) is 6.10 Å². The molecule has 152 valence electrons. The molecule has 0 aliphatic heterocycles. The smallest absolute Gasteiger partial charge is 0.346 e. The summed E-state index contributed by atoms with van der Waals surface area (Å²) in [6.45, 7) is 3.86. The van der Waals surface area contributed by atoms with E-state index in [-0.39, 0.29) is 5.63 Å². The molecule has 28 heavy (non-hydrogen) atoms. The fourth-order valence-corrected chi connectivity index (χ4v) is 3.97. The average Bonchev–Trinajstić information content (AvgIpc) is 2.71. The van der Waals surface area contributed by atoms with Crippen LogP contribution in [0.15, 0.2) is 21.3 Å². The molecule has 0 bridgehead atoms. The van der Waals surface area contributed by atoms with E-state index in [0.29, 0.717) is 11.3 Å². The number of rotatable bonds is 8. The molecule has 1 aromatic carbocycles. The molecule has 0 saturated heterocycles. The van der Waals surface area contributed by atoms with Crippen LogP contribution in [0.25, 0.3) is 11.0 Å². The van der Waals surface area contributed by atoms with Crippen molar-refractivity contribution >= 4 is 16.9 Å². The van der Waals surface area contributed by atoms with E-state index in [1.165, 1.54) is 20.0 Å². The van der Waals surface area contributed by atoms with Crippen LogP contribution in [0.3, 0.4) is 0 Å². The summed E-state index contributed by atoms with van der Waals surface area (Å²) in [7, 11) is 1.35. The molecule has 0 amide bonds. The molecule has 0 spiro atoms. The van der Waals surface area contributed by atoms with Crippen molar-refractivity contribution in [2.45, 2.75) is 77.7 Å². The molecule has 5 heteroatoms. The van der Waals surface area contributed by atoms with Gasteiger partial charge in [0.2, 0.25) is 0 Å². The van der Waals surface area contributed by atoms with Crippen molar-refractivity contribution in [1.82, 2.24) is 0 Å². The molecule has 1 aromatic heterocycles. The molecule has 0 N–H and O–H groups in total. The van der Waals surface area contributed by atoms with E-state index < -0.39 is 12.1 Å². The first-order chi connectivity index (χ1) is 13.5. The maximum absolute atomic E-state index is 12.4. The van der Waals surface area contributed by atoms with Crippen molar-refractivity contribution in [2.75, 3.05) is 7.11 Å². The monoisotopic (exact) mass is 386 g/mol. The fraction of sp³-hybridized carbons (Fsp3) is 0.565. The number of hydrogen-bond acceptors (Lipinski definition) is 5. The van der Waals surface area contributed by atoms with Crippen molar-refractivity contribution < 1.29 is 18.7 Å². The number of esters is 1. The van der Waals surface area contributed by atoms with Gasteiger partial charge in [-0.3, -0.25) is 0 Å². The van der Waals surface area contributed by atoms with Crippen molar-refractivity contribution in [3.05, 3.63) is 39.2 Å². The Balaban J connectivity index is 2.03. The number of hydrogen-bond donors (Lipinski definition) is 0. The Bertz CT molecular complexity index is 896. The summed E-state index contributed by atoms with van der Waals surface area (Å²) in [6.07, 6.45) is 8.56. The minimum absolute atomic E-state index is 0.245. The number of carbonyl (C=O) groups excluding carboxylic acids is 1. The van der Waals surface area contributed by atoms with Crippen LogP contribution in [-0.4, -0.2) is 19.2 Å². The van der Waals surface area contributed by atoms with Crippen LogP contribution in [-0.2, 0) is 28.8 Å². The normalized spacial score (nSPS) is 14.5. The highest BCUT2D eigenvalue weighted by molar-refractivity contribution is 5.84. The van der Waals surface area contributed by atoms with Gasteiger partial charge in [0.05, 0.1) is 7.11 Å². The van der Waals surface area contributed by atoms with E-state index in [1.54, 1.807) is 13.0 Å². The standard InChI is InChI=1S/C23H30O5/c1-4-5-6-7-10-16-13-19-17-11-8-9-12-18(17)23(25)28-21(19)14-20(16)27-15(2)22(24)26-3/h13-15H,4-12H2,1-3H3/t15-/m1/s1. The SMILES string of the molecule is CCCCCCc1cc2c3c(c(=O)oc2cc1O[C@H](C)C(=O)OC)CCCC3. The van der Waals surface area contributed by atoms with E-state index >= 15 is 0 Å². The highest BCUT2D eigenvalue weighted by Crippen LogP contribution is 2.33. The second kappa shape index (κ2) is 9.26. The molecular weight excluding hydrogens is 356 g/mol. The molecule has 1 heterocycles. The second-order valence-corrected chi connectivity index (χ2v) is 7.60. The maximum atomic E-state index is 12.4. The fourth-order valence-electron chi connectivity index (χ4n) is 3.97. The van der Waals surface area contributed by atoms with Crippen molar-refractivity contribution in [2.24, 2.45) is 0 Å². The van der Waals surface area contributed by atoms with Crippen LogP contribution >= 0.6 is 0 Å². The van der Waals surface area contributed by atoms with E-state index in [1.807, 2.05) is 0 Å². The summed E-state index contributed by atoms with van der Waals surface area (Å²) in [6, 6.07) is 3.88. The van der Waals surface area contributed by atoms with Crippen LogP contribution in [0, 0.1) is 0 Å². The predicted molar refractivity (Wildman–Crippen MR) is 109 cm³/mol. The lowest BCUT2D eigenvalue weighted by Gasteiger charge is -2.20. The number of aryl methyl sites for hydroxylation is 2. The Morgan fingerprint density at radius 3 is 2.61 bits per heavy atom. The van der Waals surface area contributed by atoms with Crippen LogP contribution in [0.1, 0.15) is 69.1 Å². The molecule has 1 atom stereocenters. The van der Waals surface area contributed by atoms with E-state index in [0.717, 1.165) is 67.0 Å². The number of methoxy groups -OCH3 is 1. The van der Waals surface area contributed by atoms with Crippen molar-refractivity contribution in [3.63, 3.8) is 0 Å². The summed E-state index contributed by atoms with van der Waals surface area (Å²) in [4.78, 5) is 24.2. The van der Waals surface area contributed by atoms with Gasteiger partial charge >= 0.3 is 11.6 Å². The number of unbranched alkanes of at least 4 members (excludes halogenated alkanes) is 3. The van der Waals surface area contributed by atoms with Crippen LogP contribution < -0.4 is 10.4 Å². The quantitative estimate of drug-likeness (QED) is 0.373. The Morgan fingerprint density at radius 1 is 1.14 bits per heavy atom. The van der Waals surface area contributed by atoms with Crippen molar-refractivity contribution in [1.29, 1.82) is 0 Å². The second-order valence-electron chi connectivity index (χ2n) is 7.60. The van der Waals surface area contributed by atoms with Crippen LogP contribution in [0.2, 0.25) is 0 Å². The zero-order valence-corrected chi connectivity index (χ0v) is 17.1. The number of carbonyl (C=O) groups is 1. The van der Waals surface area contributed by atoms with Gasteiger partial charge in [-0.25, -0.2) is 9.59 Å². The maximum Gasteiger partial charge on any atom is 0.346 e. The first-order valence-electron chi connectivity index (χ1n) is 10.4. The predicted octanol–water partition coefficient (Wildman–Crippen LogP) is 4.73. The topological polar surface area (TPSA) is 65.7 Å². The summed E-state index contributed by atoms with van der Waals surface area (Å²) in [5, 5.41) is 1.01. The lowest BCUT2D eigenvalue weighted by molar-refractivity contribution is -0.147. The molecule has 1 aliphatic carbocycles. The van der Waals surface area contributed by atoms with Gasteiger partial charge in [-0.1, -0.05) is 26.2 Å². The molecule has 3 rings (SSSR count). The molecule has 1 aliphatic rings. The number of ether oxygens (including phenoxy) is 2. The van der Waals surface area contributed by atoms with Crippen molar-refractivity contribution in [3.8, 4) is 5.75 Å². The molecule has 2 aromatic rings. The Kier molecular flexibility index (Phi) is 6.76. The van der Waals surface area contributed by atoms with Gasteiger partial charge in [-0.15, -0.1) is 0 Å². The van der Waals surface area contributed by atoms with Gasteiger partial charge in [-0.05, 0) is 62.6 Å². The third-order valence-corrected chi connectivity index (χ3v) is 5.54. The Morgan fingerprint density at radius 2 is 1.89 bits per heavy atom. The van der Waals surface area contributed by atoms with E-state index in [4.69, 9.17) is 13.9 Å². The first kappa shape index (κ1) is 20.4. The zero-order chi connectivity index (χ0) is 20.1. The van der Waals surface area contributed by atoms with Gasteiger partial charge in [-0.2, -0.15) is 0 Å². The number of fused-ring (bicyclic) bond motifs is 3. The summed E-state index contributed by atoms with van der Waals surface area (Å²) < 4.78 is 16.3. The Labute approximate surface area is 166 Å². The van der Waals surface area contributed by atoms with Gasteiger partial charge in [0.1, 0.15) is 11.3 Å². The van der Waals surface area contributed by atoms with Crippen LogP contribution in [0.5, 0.6) is 5.75 Å².